The predicted octanol–water partition coefficient (Wildman–Crippen LogP) is 4.14. The minimum absolute atomic E-state index is 0.0278. The fourth-order valence-electron chi connectivity index (χ4n) is 5.42. The van der Waals surface area contributed by atoms with Crippen LogP contribution in [0.1, 0.15) is 34.5 Å². The maximum atomic E-state index is 13.6. The highest BCUT2D eigenvalue weighted by Crippen LogP contribution is 2.71. The van der Waals surface area contributed by atoms with E-state index in [4.69, 9.17) is 9.15 Å². The Morgan fingerprint density at radius 3 is 2.76 bits per heavy atom. The van der Waals surface area contributed by atoms with Crippen molar-refractivity contribution < 1.29 is 27.1 Å². The van der Waals surface area contributed by atoms with E-state index in [9.17, 15) is 18.0 Å². The van der Waals surface area contributed by atoms with Gasteiger partial charge in [0, 0.05) is 30.4 Å². The minimum atomic E-state index is -4.45. The van der Waals surface area contributed by atoms with Crippen molar-refractivity contribution in [2.75, 3.05) is 6.54 Å². The van der Waals surface area contributed by atoms with E-state index in [1.165, 1.54) is 18.5 Å². The summed E-state index contributed by atoms with van der Waals surface area (Å²) in [5.74, 6) is 0.619. The normalized spacial score (nSPS) is 27.5. The molecule has 3 aromatic rings. The van der Waals surface area contributed by atoms with Gasteiger partial charge < -0.3 is 14.1 Å². The van der Waals surface area contributed by atoms with Gasteiger partial charge in [-0.25, -0.2) is 15.0 Å². The first kappa shape index (κ1) is 20.2. The van der Waals surface area contributed by atoms with Gasteiger partial charge in [-0.1, -0.05) is 0 Å². The number of pyridine rings is 2. The number of hydrogen-bond acceptors (Lipinski definition) is 6. The second kappa shape index (κ2) is 6.79. The van der Waals surface area contributed by atoms with Gasteiger partial charge >= 0.3 is 6.18 Å². The number of alkyl halides is 3. The van der Waals surface area contributed by atoms with Crippen LogP contribution in [0.3, 0.4) is 0 Å². The van der Waals surface area contributed by atoms with Crippen molar-refractivity contribution in [2.45, 2.75) is 38.1 Å². The third-order valence-corrected chi connectivity index (χ3v) is 7.04. The summed E-state index contributed by atoms with van der Waals surface area (Å²) in [5, 5.41) is 0. The number of carbonyl (C=O) groups is 1. The Balaban J connectivity index is 1.25. The van der Waals surface area contributed by atoms with Crippen molar-refractivity contribution in [1.29, 1.82) is 0 Å². The highest BCUT2D eigenvalue weighted by molar-refractivity contribution is 5.98. The predicted molar refractivity (Wildman–Crippen MR) is 108 cm³/mol. The van der Waals surface area contributed by atoms with Crippen LogP contribution in [0, 0.1) is 18.3 Å². The van der Waals surface area contributed by atoms with E-state index < -0.39 is 11.7 Å². The molecular formula is C23H19F3N4O3. The van der Waals surface area contributed by atoms with Gasteiger partial charge in [0.1, 0.15) is 18.1 Å². The first-order valence-electron chi connectivity index (χ1n) is 10.6. The molecule has 3 aromatic heterocycles. The summed E-state index contributed by atoms with van der Waals surface area (Å²) in [6.45, 7) is 2.48. The Morgan fingerprint density at radius 1 is 1.21 bits per heavy atom. The lowest BCUT2D eigenvalue weighted by molar-refractivity contribution is -0.137. The molecule has 0 bridgehead atoms. The Kier molecular flexibility index (Phi) is 4.15. The monoisotopic (exact) mass is 456 g/mol. The number of piperidine rings is 1. The molecule has 10 heteroatoms. The number of aromatic nitrogens is 3. The molecule has 2 aliphatic carbocycles. The van der Waals surface area contributed by atoms with Crippen LogP contribution in [-0.4, -0.2) is 44.4 Å². The number of likely N-dealkylation sites (tertiary alicyclic amines) is 1. The fraction of sp³-hybridized carbons (Fsp3) is 0.391. The molecule has 4 atom stereocenters. The maximum Gasteiger partial charge on any atom is 0.417 e. The molecule has 2 saturated carbocycles. The molecule has 7 nitrogen and oxygen atoms in total. The minimum Gasteiger partial charge on any atom is -0.472 e. The van der Waals surface area contributed by atoms with Gasteiger partial charge in [0.15, 0.2) is 0 Å². The Morgan fingerprint density at radius 2 is 2.06 bits per heavy atom. The molecule has 4 unspecified atom stereocenters. The molecule has 1 amide bonds. The zero-order valence-electron chi connectivity index (χ0n) is 17.5. The molecule has 170 valence electrons. The smallest absolute Gasteiger partial charge is 0.417 e. The van der Waals surface area contributed by atoms with Crippen molar-refractivity contribution in [1.82, 2.24) is 19.9 Å². The SMILES string of the molecule is Cc1cnc(C(=O)N2CC3CC34CC(Oc3ccc(C(F)(F)F)cn3)C24)c(-c2ncco2)c1. The van der Waals surface area contributed by atoms with Crippen LogP contribution in [-0.2, 0) is 6.18 Å². The molecule has 0 radical (unpaired) electrons. The maximum absolute atomic E-state index is 13.6. The van der Waals surface area contributed by atoms with Crippen LogP contribution in [0.4, 0.5) is 13.2 Å². The first-order valence-corrected chi connectivity index (χ1v) is 10.6. The highest BCUT2D eigenvalue weighted by Gasteiger charge is 2.76. The third kappa shape index (κ3) is 3.11. The van der Waals surface area contributed by atoms with Gasteiger partial charge in [-0.15, -0.1) is 0 Å². The van der Waals surface area contributed by atoms with Crippen molar-refractivity contribution in [3.8, 4) is 17.3 Å². The summed E-state index contributed by atoms with van der Waals surface area (Å²) < 4.78 is 49.8. The van der Waals surface area contributed by atoms with E-state index in [0.717, 1.165) is 30.7 Å². The van der Waals surface area contributed by atoms with Gasteiger partial charge in [0.25, 0.3) is 5.91 Å². The van der Waals surface area contributed by atoms with Crippen molar-refractivity contribution >= 4 is 5.91 Å². The summed E-state index contributed by atoms with van der Waals surface area (Å²) >= 11 is 0. The van der Waals surface area contributed by atoms with E-state index in [-0.39, 0.29) is 35.0 Å². The number of hydrogen-bond donors (Lipinski definition) is 0. The Hall–Kier alpha value is -3.43. The van der Waals surface area contributed by atoms with Crippen LogP contribution in [0.5, 0.6) is 5.88 Å². The van der Waals surface area contributed by atoms with Crippen LogP contribution in [0.2, 0.25) is 0 Å². The summed E-state index contributed by atoms with van der Waals surface area (Å²) in [6, 6.07) is 3.83. The molecular weight excluding hydrogens is 437 g/mol. The standard InChI is InChI=1S/C23H19F3N4O3/c1-12-6-15(20-27-4-5-32-20)18(29-9-12)21(31)30-11-14-7-22(14)8-16(19(22)30)33-17-3-2-13(10-28-17)23(24,25)26/h2-6,9-10,14,16,19H,7-8,11H2,1H3. The lowest BCUT2D eigenvalue weighted by atomic mass is 9.73. The van der Waals surface area contributed by atoms with E-state index >= 15 is 0 Å². The van der Waals surface area contributed by atoms with E-state index in [0.29, 0.717) is 23.9 Å². The summed E-state index contributed by atoms with van der Waals surface area (Å²) in [4.78, 5) is 27.8. The molecule has 6 rings (SSSR count). The molecule has 1 saturated heterocycles. The quantitative estimate of drug-likeness (QED) is 0.587. The fourth-order valence-corrected chi connectivity index (χ4v) is 5.42. The zero-order chi connectivity index (χ0) is 23.0. The van der Waals surface area contributed by atoms with Gasteiger partial charge in [-0.05, 0) is 43.4 Å². The number of nitrogens with zero attached hydrogens (tertiary/aromatic N) is 4. The Bertz CT molecular complexity index is 1230. The van der Waals surface area contributed by atoms with E-state index in [2.05, 4.69) is 15.0 Å². The average molecular weight is 456 g/mol. The number of ether oxygens (including phenoxy) is 1. The number of rotatable bonds is 4. The van der Waals surface area contributed by atoms with Crippen LogP contribution >= 0.6 is 0 Å². The van der Waals surface area contributed by atoms with Crippen LogP contribution in [0.15, 0.2) is 47.5 Å². The van der Waals surface area contributed by atoms with Crippen LogP contribution in [0.25, 0.3) is 11.5 Å². The van der Waals surface area contributed by atoms with E-state index in [1.54, 1.807) is 11.1 Å². The largest absolute Gasteiger partial charge is 0.472 e. The second-order valence-electron chi connectivity index (χ2n) is 9.03. The number of halogens is 3. The molecule has 1 aliphatic heterocycles. The second-order valence-corrected chi connectivity index (χ2v) is 9.03. The molecule has 3 fully saturated rings. The van der Waals surface area contributed by atoms with Crippen LogP contribution < -0.4 is 4.74 Å². The van der Waals surface area contributed by atoms with Crippen molar-refractivity contribution in [3.63, 3.8) is 0 Å². The van der Waals surface area contributed by atoms with Gasteiger partial charge in [0.05, 0.1) is 23.4 Å². The van der Waals surface area contributed by atoms with Crippen molar-refractivity contribution in [2.24, 2.45) is 11.3 Å². The number of aryl methyl sites for hydroxylation is 1. The number of amides is 1. The molecule has 0 aromatic carbocycles. The average Bonchev–Trinajstić information content (AvgIpc) is 3.14. The third-order valence-electron chi connectivity index (χ3n) is 7.04. The molecule has 33 heavy (non-hydrogen) atoms. The van der Waals surface area contributed by atoms with Gasteiger partial charge in [-0.3, -0.25) is 4.79 Å². The van der Waals surface area contributed by atoms with Crippen molar-refractivity contribution in [3.05, 3.63) is 59.9 Å². The molecule has 1 spiro atoms. The van der Waals surface area contributed by atoms with E-state index in [1.807, 2.05) is 13.0 Å². The van der Waals surface area contributed by atoms with Gasteiger partial charge in [-0.2, -0.15) is 13.2 Å². The topological polar surface area (TPSA) is 81.4 Å². The lowest BCUT2D eigenvalue weighted by Gasteiger charge is -2.46. The zero-order valence-corrected chi connectivity index (χ0v) is 17.5. The molecule has 0 N–H and O–H groups in total. The summed E-state index contributed by atoms with van der Waals surface area (Å²) in [5.41, 5.74) is 0.863. The van der Waals surface area contributed by atoms with Gasteiger partial charge in [0.2, 0.25) is 11.8 Å². The number of oxazole rings is 1. The highest BCUT2D eigenvalue weighted by atomic mass is 19.4. The number of carbonyl (C=O) groups excluding carboxylic acids is 1. The first-order chi connectivity index (χ1) is 15.8. The summed E-state index contributed by atoms with van der Waals surface area (Å²) in [6.07, 6.45) is 2.34. The summed E-state index contributed by atoms with van der Waals surface area (Å²) in [7, 11) is 0. The lowest BCUT2D eigenvalue weighted by Crippen LogP contribution is -2.59. The Labute approximate surface area is 186 Å². The molecule has 3 aliphatic rings. The molecule has 4 heterocycles.